The third kappa shape index (κ3) is 3.36. The first kappa shape index (κ1) is 15.7. The normalized spacial score (nSPS) is 14.2. The molecule has 0 amide bonds. The molecule has 6 nitrogen and oxygen atoms in total. The van der Waals surface area contributed by atoms with Gasteiger partial charge in [0, 0.05) is 6.07 Å². The van der Waals surface area contributed by atoms with Crippen LogP contribution in [0.2, 0.25) is 0 Å². The summed E-state index contributed by atoms with van der Waals surface area (Å²) < 4.78 is 37.4. The molecule has 0 spiro atoms. The van der Waals surface area contributed by atoms with Crippen LogP contribution in [0.5, 0.6) is 0 Å². The number of nitrogens with one attached hydrogen (secondary N) is 1. The van der Waals surface area contributed by atoms with Crippen molar-refractivity contribution in [3.8, 4) is 6.07 Å². The highest BCUT2D eigenvalue weighted by Gasteiger charge is 2.49. The van der Waals surface area contributed by atoms with Crippen LogP contribution in [0.4, 0.5) is 24.5 Å². The third-order valence-corrected chi connectivity index (χ3v) is 2.56. The average molecular weight is 289 g/mol. The van der Waals surface area contributed by atoms with Crippen molar-refractivity contribution in [1.29, 1.82) is 5.26 Å². The SMILES string of the molecule is CC(O)(CNc1cc(C#N)ccc1[N+](=O)[O-])C(F)(F)F. The zero-order valence-electron chi connectivity index (χ0n) is 10.2. The highest BCUT2D eigenvalue weighted by Crippen LogP contribution is 2.32. The van der Waals surface area contributed by atoms with Gasteiger partial charge in [0.1, 0.15) is 5.69 Å². The number of benzene rings is 1. The van der Waals surface area contributed by atoms with Crippen LogP contribution in [-0.2, 0) is 0 Å². The van der Waals surface area contributed by atoms with Crippen LogP contribution in [0.1, 0.15) is 12.5 Å². The Hall–Kier alpha value is -2.34. The number of halogens is 3. The van der Waals surface area contributed by atoms with Crippen molar-refractivity contribution in [1.82, 2.24) is 0 Å². The molecule has 0 saturated heterocycles. The molecule has 2 N–H and O–H groups in total. The summed E-state index contributed by atoms with van der Waals surface area (Å²) >= 11 is 0. The Morgan fingerprint density at radius 2 is 2.10 bits per heavy atom. The second-order valence-corrected chi connectivity index (χ2v) is 4.23. The Labute approximate surface area is 111 Å². The van der Waals surface area contributed by atoms with Gasteiger partial charge >= 0.3 is 6.18 Å². The molecule has 0 aliphatic rings. The quantitative estimate of drug-likeness (QED) is 0.653. The van der Waals surface area contributed by atoms with Crippen LogP contribution in [-0.4, -0.2) is 28.4 Å². The highest BCUT2D eigenvalue weighted by molar-refractivity contribution is 5.64. The predicted molar refractivity (Wildman–Crippen MR) is 63.0 cm³/mol. The standard InChI is InChI=1S/C11H10F3N3O3/c1-10(18,11(12,13)14)6-16-8-4-7(5-15)2-3-9(8)17(19)20/h2-4,16,18H,6H2,1H3. The number of aliphatic hydroxyl groups is 1. The van der Waals surface area contributed by atoms with Gasteiger partial charge in [-0.2, -0.15) is 18.4 Å². The zero-order chi connectivity index (χ0) is 15.6. The minimum absolute atomic E-state index is 0.0461. The fourth-order valence-corrected chi connectivity index (χ4v) is 1.27. The minimum atomic E-state index is -4.89. The van der Waals surface area contributed by atoms with Gasteiger partial charge in [-0.05, 0) is 19.1 Å². The molecule has 108 valence electrons. The molecule has 0 bridgehead atoms. The predicted octanol–water partition coefficient (Wildman–Crippen LogP) is 2.19. The number of rotatable bonds is 4. The molecule has 0 aromatic heterocycles. The van der Waals surface area contributed by atoms with Gasteiger partial charge < -0.3 is 10.4 Å². The van der Waals surface area contributed by atoms with E-state index in [1.54, 1.807) is 6.07 Å². The lowest BCUT2D eigenvalue weighted by molar-refractivity contribution is -0.384. The smallest absolute Gasteiger partial charge is 0.379 e. The van der Waals surface area contributed by atoms with Crippen molar-refractivity contribution in [3.63, 3.8) is 0 Å². The van der Waals surface area contributed by atoms with E-state index in [2.05, 4.69) is 5.32 Å². The molecule has 1 rings (SSSR count). The van der Waals surface area contributed by atoms with Gasteiger partial charge in [0.15, 0.2) is 5.60 Å². The molecule has 1 aromatic rings. The lowest BCUT2D eigenvalue weighted by Gasteiger charge is -2.26. The molecule has 1 aromatic carbocycles. The van der Waals surface area contributed by atoms with Crippen LogP contribution in [0.3, 0.4) is 0 Å². The van der Waals surface area contributed by atoms with E-state index in [0.717, 1.165) is 12.1 Å². The molecule has 9 heteroatoms. The number of nitro groups is 1. The van der Waals surface area contributed by atoms with Crippen LogP contribution >= 0.6 is 0 Å². The summed E-state index contributed by atoms with van der Waals surface area (Å²) in [6.45, 7) is -0.438. The summed E-state index contributed by atoms with van der Waals surface area (Å²) in [5, 5.41) is 30.8. The molecule has 1 unspecified atom stereocenters. The summed E-state index contributed by atoms with van der Waals surface area (Å²) in [7, 11) is 0. The summed E-state index contributed by atoms with van der Waals surface area (Å²) in [5.74, 6) is 0. The van der Waals surface area contributed by atoms with E-state index < -0.39 is 28.9 Å². The van der Waals surface area contributed by atoms with E-state index in [1.807, 2.05) is 0 Å². The van der Waals surface area contributed by atoms with Crippen LogP contribution in [0.25, 0.3) is 0 Å². The van der Waals surface area contributed by atoms with E-state index in [9.17, 15) is 28.4 Å². The number of hydrogen-bond donors (Lipinski definition) is 2. The van der Waals surface area contributed by atoms with Crippen molar-refractivity contribution < 1.29 is 23.2 Å². The van der Waals surface area contributed by atoms with Crippen LogP contribution in [0.15, 0.2) is 18.2 Å². The van der Waals surface area contributed by atoms with Crippen LogP contribution < -0.4 is 5.32 Å². The Balaban J connectivity index is 3.03. The van der Waals surface area contributed by atoms with Crippen molar-refractivity contribution in [2.45, 2.75) is 18.7 Å². The van der Waals surface area contributed by atoms with Crippen molar-refractivity contribution >= 4 is 11.4 Å². The summed E-state index contributed by atoms with van der Waals surface area (Å²) in [4.78, 5) is 9.94. The largest absolute Gasteiger partial charge is 0.418 e. The Bertz CT molecular complexity index is 564. The molecule has 0 aliphatic heterocycles. The fourth-order valence-electron chi connectivity index (χ4n) is 1.27. The molecular weight excluding hydrogens is 279 g/mol. The Morgan fingerprint density at radius 1 is 1.50 bits per heavy atom. The van der Waals surface area contributed by atoms with E-state index in [0.29, 0.717) is 6.92 Å². The van der Waals surface area contributed by atoms with Gasteiger partial charge in [-0.25, -0.2) is 0 Å². The topological polar surface area (TPSA) is 99.2 Å². The number of anilines is 1. The number of nitrogens with zero attached hydrogens (tertiary/aromatic N) is 2. The molecule has 20 heavy (non-hydrogen) atoms. The molecule has 1 atom stereocenters. The van der Waals surface area contributed by atoms with Gasteiger partial charge in [-0.15, -0.1) is 0 Å². The van der Waals surface area contributed by atoms with E-state index in [4.69, 9.17) is 5.26 Å². The van der Waals surface area contributed by atoms with Gasteiger partial charge in [-0.1, -0.05) is 0 Å². The molecular formula is C11H10F3N3O3. The highest BCUT2D eigenvalue weighted by atomic mass is 19.4. The lowest BCUT2D eigenvalue weighted by atomic mass is 10.1. The minimum Gasteiger partial charge on any atom is -0.379 e. The second-order valence-electron chi connectivity index (χ2n) is 4.23. The average Bonchev–Trinajstić information content (AvgIpc) is 2.34. The number of nitro benzene ring substituents is 1. The maximum Gasteiger partial charge on any atom is 0.418 e. The van der Waals surface area contributed by atoms with E-state index >= 15 is 0 Å². The zero-order valence-corrected chi connectivity index (χ0v) is 10.2. The van der Waals surface area contributed by atoms with Crippen molar-refractivity contribution in [2.24, 2.45) is 0 Å². The van der Waals surface area contributed by atoms with Gasteiger partial charge in [-0.3, -0.25) is 10.1 Å². The van der Waals surface area contributed by atoms with Gasteiger partial charge in [0.2, 0.25) is 0 Å². The van der Waals surface area contributed by atoms with E-state index in [-0.39, 0.29) is 11.3 Å². The first-order valence-corrected chi connectivity index (χ1v) is 5.30. The summed E-state index contributed by atoms with van der Waals surface area (Å²) in [5.41, 5.74) is -3.76. The summed E-state index contributed by atoms with van der Waals surface area (Å²) in [6, 6.07) is 4.93. The van der Waals surface area contributed by atoms with Gasteiger partial charge in [0.25, 0.3) is 5.69 Å². The number of alkyl halides is 3. The fraction of sp³-hybridized carbons (Fsp3) is 0.364. The third-order valence-electron chi connectivity index (χ3n) is 2.56. The Morgan fingerprint density at radius 3 is 2.55 bits per heavy atom. The van der Waals surface area contributed by atoms with E-state index in [1.165, 1.54) is 6.07 Å². The maximum atomic E-state index is 12.5. The number of nitriles is 1. The first-order valence-electron chi connectivity index (χ1n) is 5.30. The van der Waals surface area contributed by atoms with Gasteiger partial charge in [0.05, 0.1) is 23.1 Å². The Kier molecular flexibility index (Phi) is 4.20. The monoisotopic (exact) mass is 289 g/mol. The molecule has 0 fully saturated rings. The molecule has 0 radical (unpaired) electrons. The summed E-state index contributed by atoms with van der Waals surface area (Å²) in [6.07, 6.45) is -4.89. The molecule has 0 saturated carbocycles. The molecule has 0 aliphatic carbocycles. The van der Waals surface area contributed by atoms with Crippen molar-refractivity contribution in [3.05, 3.63) is 33.9 Å². The molecule has 0 heterocycles. The second kappa shape index (κ2) is 5.34. The van der Waals surface area contributed by atoms with Crippen LogP contribution in [0, 0.1) is 21.4 Å². The number of hydrogen-bond acceptors (Lipinski definition) is 5. The lowest BCUT2D eigenvalue weighted by Crippen LogP contribution is -2.47. The van der Waals surface area contributed by atoms with Crippen molar-refractivity contribution in [2.75, 3.05) is 11.9 Å². The maximum absolute atomic E-state index is 12.5. The first-order chi connectivity index (χ1) is 9.08.